The Morgan fingerprint density at radius 2 is 1.72 bits per heavy atom. The van der Waals surface area contributed by atoms with E-state index in [-0.39, 0.29) is 12.0 Å². The van der Waals surface area contributed by atoms with E-state index < -0.39 is 6.10 Å². The number of hydrogen-bond acceptors (Lipinski definition) is 4. The van der Waals surface area contributed by atoms with Crippen LogP contribution in [0.3, 0.4) is 0 Å². The molecule has 1 aromatic rings. The predicted octanol–water partition coefficient (Wildman–Crippen LogP) is 2.76. The van der Waals surface area contributed by atoms with Crippen LogP contribution in [0.1, 0.15) is 31.4 Å². The van der Waals surface area contributed by atoms with Crippen molar-refractivity contribution < 1.29 is 19.1 Å². The Hall–Kier alpha value is -2.24. The summed E-state index contributed by atoms with van der Waals surface area (Å²) >= 11 is 0. The van der Waals surface area contributed by atoms with Gasteiger partial charge in [-0.25, -0.2) is 4.79 Å². The van der Waals surface area contributed by atoms with Gasteiger partial charge in [-0.2, -0.15) is 0 Å². The predicted molar refractivity (Wildman–Crippen MR) is 95.8 cm³/mol. The average molecular weight is 348 g/mol. The van der Waals surface area contributed by atoms with Gasteiger partial charge >= 0.3 is 6.09 Å². The fourth-order valence-corrected chi connectivity index (χ4v) is 2.92. The van der Waals surface area contributed by atoms with Crippen molar-refractivity contribution in [1.82, 2.24) is 9.80 Å². The summed E-state index contributed by atoms with van der Waals surface area (Å²) in [5.41, 5.74) is 2.19. The minimum Gasteiger partial charge on any atom is -0.480 e. The lowest BCUT2D eigenvalue weighted by Crippen LogP contribution is -2.53. The van der Waals surface area contributed by atoms with Gasteiger partial charge in [0, 0.05) is 26.2 Å². The van der Waals surface area contributed by atoms with Crippen LogP contribution < -0.4 is 4.74 Å². The second-order valence-electron chi connectivity index (χ2n) is 6.29. The first-order valence-electron chi connectivity index (χ1n) is 8.90. The standard InChI is InChI=1S/C19H28N2O4/c1-5-16(25-17-8-7-14(3)13-15(17)4)18(22)20-9-11-21(12-10-20)19(23)24-6-2/h7-8,13,16H,5-6,9-12H2,1-4H3. The van der Waals surface area contributed by atoms with E-state index in [1.807, 2.05) is 39.0 Å². The van der Waals surface area contributed by atoms with Crippen molar-refractivity contribution in [3.8, 4) is 5.75 Å². The number of carbonyl (C=O) groups is 2. The summed E-state index contributed by atoms with van der Waals surface area (Å²) in [6.45, 7) is 10.1. The number of ether oxygens (including phenoxy) is 2. The fraction of sp³-hybridized carbons (Fsp3) is 0.579. The molecule has 1 fully saturated rings. The van der Waals surface area contributed by atoms with E-state index in [0.717, 1.165) is 11.3 Å². The number of hydrogen-bond donors (Lipinski definition) is 0. The first kappa shape index (κ1) is 19.1. The van der Waals surface area contributed by atoms with Crippen molar-refractivity contribution in [2.24, 2.45) is 0 Å². The van der Waals surface area contributed by atoms with E-state index in [1.165, 1.54) is 5.56 Å². The summed E-state index contributed by atoms with van der Waals surface area (Å²) in [7, 11) is 0. The Balaban J connectivity index is 1.95. The van der Waals surface area contributed by atoms with Gasteiger partial charge < -0.3 is 19.3 Å². The van der Waals surface area contributed by atoms with Crippen LogP contribution in [-0.2, 0) is 9.53 Å². The number of carbonyl (C=O) groups excluding carboxylic acids is 2. The second kappa shape index (κ2) is 8.74. The van der Waals surface area contributed by atoms with Gasteiger partial charge in [-0.1, -0.05) is 24.6 Å². The molecule has 0 aromatic heterocycles. The molecule has 1 aromatic carbocycles. The number of nitrogens with zero attached hydrogens (tertiary/aromatic N) is 2. The highest BCUT2D eigenvalue weighted by Gasteiger charge is 2.29. The van der Waals surface area contributed by atoms with Gasteiger partial charge in [0.05, 0.1) is 6.61 Å². The Bertz CT molecular complexity index is 609. The maximum absolute atomic E-state index is 12.8. The molecule has 1 unspecified atom stereocenters. The summed E-state index contributed by atoms with van der Waals surface area (Å²) in [6, 6.07) is 5.95. The molecule has 1 aliphatic heterocycles. The zero-order valence-corrected chi connectivity index (χ0v) is 15.6. The van der Waals surface area contributed by atoms with Crippen LogP contribution in [0.25, 0.3) is 0 Å². The Morgan fingerprint density at radius 3 is 2.28 bits per heavy atom. The molecule has 1 heterocycles. The maximum atomic E-state index is 12.8. The molecule has 1 aliphatic rings. The summed E-state index contributed by atoms with van der Waals surface area (Å²) in [4.78, 5) is 27.9. The molecule has 25 heavy (non-hydrogen) atoms. The molecule has 2 rings (SSSR count). The van der Waals surface area contributed by atoms with Crippen molar-refractivity contribution in [2.75, 3.05) is 32.8 Å². The summed E-state index contributed by atoms with van der Waals surface area (Å²) in [6.07, 6.45) is -0.215. The lowest BCUT2D eigenvalue weighted by molar-refractivity contribution is -0.140. The monoisotopic (exact) mass is 348 g/mol. The minimum absolute atomic E-state index is 0.0222. The zero-order chi connectivity index (χ0) is 18.4. The molecule has 6 nitrogen and oxygen atoms in total. The van der Waals surface area contributed by atoms with Crippen LogP contribution in [0.4, 0.5) is 4.79 Å². The molecule has 0 N–H and O–H groups in total. The first-order valence-corrected chi connectivity index (χ1v) is 8.90. The van der Waals surface area contributed by atoms with Gasteiger partial charge in [-0.15, -0.1) is 0 Å². The number of amides is 2. The van der Waals surface area contributed by atoms with Gasteiger partial charge in [0.1, 0.15) is 5.75 Å². The molecule has 0 aliphatic carbocycles. The van der Waals surface area contributed by atoms with Crippen LogP contribution in [0.5, 0.6) is 5.75 Å². The molecule has 2 amide bonds. The third-order valence-corrected chi connectivity index (χ3v) is 4.36. The molecular weight excluding hydrogens is 320 g/mol. The van der Waals surface area contributed by atoms with Crippen molar-refractivity contribution >= 4 is 12.0 Å². The van der Waals surface area contributed by atoms with Gasteiger partial charge in [-0.3, -0.25) is 4.79 Å². The molecule has 0 bridgehead atoms. The Labute approximate surface area is 149 Å². The maximum Gasteiger partial charge on any atom is 0.409 e. The smallest absolute Gasteiger partial charge is 0.409 e. The molecule has 138 valence electrons. The third-order valence-electron chi connectivity index (χ3n) is 4.36. The highest BCUT2D eigenvalue weighted by atomic mass is 16.6. The first-order chi connectivity index (χ1) is 12.0. The van der Waals surface area contributed by atoms with E-state index in [9.17, 15) is 9.59 Å². The van der Waals surface area contributed by atoms with Crippen molar-refractivity contribution in [1.29, 1.82) is 0 Å². The molecule has 1 atom stereocenters. The molecule has 6 heteroatoms. The average Bonchev–Trinajstić information content (AvgIpc) is 2.61. The second-order valence-corrected chi connectivity index (χ2v) is 6.29. The van der Waals surface area contributed by atoms with Gasteiger partial charge in [-0.05, 0) is 38.8 Å². The lowest BCUT2D eigenvalue weighted by Gasteiger charge is -2.35. The largest absolute Gasteiger partial charge is 0.480 e. The summed E-state index contributed by atoms with van der Waals surface area (Å²) in [5, 5.41) is 0. The zero-order valence-electron chi connectivity index (χ0n) is 15.6. The third kappa shape index (κ3) is 4.87. The van der Waals surface area contributed by atoms with Crippen LogP contribution in [-0.4, -0.2) is 60.7 Å². The normalized spacial score (nSPS) is 15.7. The quantitative estimate of drug-likeness (QED) is 0.821. The molecule has 0 saturated carbocycles. The van der Waals surface area contributed by atoms with E-state index in [1.54, 1.807) is 16.7 Å². The SMILES string of the molecule is CCOC(=O)N1CCN(C(=O)C(CC)Oc2ccc(C)cc2C)CC1. The highest BCUT2D eigenvalue weighted by Crippen LogP contribution is 2.22. The lowest BCUT2D eigenvalue weighted by atomic mass is 10.1. The van der Waals surface area contributed by atoms with Crippen molar-refractivity contribution in [3.63, 3.8) is 0 Å². The Kier molecular flexibility index (Phi) is 6.67. The van der Waals surface area contributed by atoms with Gasteiger partial charge in [0.15, 0.2) is 6.10 Å². The molecule has 1 saturated heterocycles. The Morgan fingerprint density at radius 1 is 1.08 bits per heavy atom. The molecule has 0 spiro atoms. The topological polar surface area (TPSA) is 59.1 Å². The van der Waals surface area contributed by atoms with Gasteiger partial charge in [0.25, 0.3) is 5.91 Å². The number of rotatable bonds is 5. The minimum atomic E-state index is -0.504. The van der Waals surface area contributed by atoms with E-state index in [0.29, 0.717) is 39.2 Å². The highest BCUT2D eigenvalue weighted by molar-refractivity contribution is 5.81. The number of benzene rings is 1. The van der Waals surface area contributed by atoms with Crippen LogP contribution in [0.15, 0.2) is 18.2 Å². The van der Waals surface area contributed by atoms with E-state index in [4.69, 9.17) is 9.47 Å². The number of aryl methyl sites for hydroxylation is 2. The number of piperazine rings is 1. The van der Waals surface area contributed by atoms with Crippen LogP contribution >= 0.6 is 0 Å². The van der Waals surface area contributed by atoms with Crippen LogP contribution in [0, 0.1) is 13.8 Å². The van der Waals surface area contributed by atoms with Gasteiger partial charge in [0.2, 0.25) is 0 Å². The fourth-order valence-electron chi connectivity index (χ4n) is 2.92. The van der Waals surface area contributed by atoms with Crippen molar-refractivity contribution in [3.05, 3.63) is 29.3 Å². The van der Waals surface area contributed by atoms with Crippen molar-refractivity contribution in [2.45, 2.75) is 40.2 Å². The van der Waals surface area contributed by atoms with Crippen LogP contribution in [0.2, 0.25) is 0 Å². The summed E-state index contributed by atoms with van der Waals surface area (Å²) < 4.78 is 11.0. The van der Waals surface area contributed by atoms with E-state index in [2.05, 4.69) is 0 Å². The molecule has 0 radical (unpaired) electrons. The summed E-state index contributed by atoms with van der Waals surface area (Å²) in [5.74, 6) is 0.724. The molecular formula is C19H28N2O4. The van der Waals surface area contributed by atoms with E-state index >= 15 is 0 Å².